The Morgan fingerprint density at radius 1 is 1.09 bits per heavy atom. The molecular formula is C24H26N2O6S. The third kappa shape index (κ3) is 5.90. The largest absolute Gasteiger partial charge is 0.452 e. The Kier molecular flexibility index (Phi) is 7.39. The van der Waals surface area contributed by atoms with Crippen LogP contribution in [0.15, 0.2) is 47.4 Å². The van der Waals surface area contributed by atoms with E-state index in [-0.39, 0.29) is 16.2 Å². The highest BCUT2D eigenvalue weighted by atomic mass is 32.2. The van der Waals surface area contributed by atoms with Gasteiger partial charge in [0, 0.05) is 0 Å². The number of nitrogens with zero attached hydrogens (tertiary/aromatic N) is 1. The molecule has 0 heterocycles. The Hall–Kier alpha value is -3.38. The first-order valence-corrected chi connectivity index (χ1v) is 12.1. The first kappa shape index (κ1) is 24.3. The van der Waals surface area contributed by atoms with E-state index in [2.05, 4.69) is 11.4 Å². The number of aryl methyl sites for hydroxylation is 2. The zero-order valence-corrected chi connectivity index (χ0v) is 19.4. The number of carbonyl (C=O) groups excluding carboxylic acids is 2. The van der Waals surface area contributed by atoms with Gasteiger partial charge in [-0.25, -0.2) is 4.79 Å². The second kappa shape index (κ2) is 10.0. The number of para-hydroxylation sites is 1. The first-order chi connectivity index (χ1) is 15.7. The van der Waals surface area contributed by atoms with Crippen molar-refractivity contribution in [3.8, 4) is 11.8 Å². The lowest BCUT2D eigenvalue weighted by Gasteiger charge is -2.31. The van der Waals surface area contributed by atoms with Crippen molar-refractivity contribution in [2.24, 2.45) is 0 Å². The molecule has 1 amide bonds. The van der Waals surface area contributed by atoms with Crippen molar-refractivity contribution in [3.63, 3.8) is 0 Å². The monoisotopic (exact) mass is 470 g/mol. The molecule has 33 heavy (non-hydrogen) atoms. The number of benzene rings is 2. The fourth-order valence-electron chi connectivity index (χ4n) is 3.78. The highest BCUT2D eigenvalue weighted by Crippen LogP contribution is 2.28. The smallest absolute Gasteiger partial charge is 0.342 e. The van der Waals surface area contributed by atoms with Crippen LogP contribution >= 0.6 is 0 Å². The van der Waals surface area contributed by atoms with Gasteiger partial charge in [0.15, 0.2) is 12.4 Å². The quantitative estimate of drug-likeness (QED) is 0.485. The summed E-state index contributed by atoms with van der Waals surface area (Å²) in [5.41, 5.74) is 0.176. The van der Waals surface area contributed by atoms with Crippen molar-refractivity contribution in [3.05, 3.63) is 59.2 Å². The molecule has 1 aliphatic rings. The fourth-order valence-corrected chi connectivity index (χ4v) is 5.04. The maximum absolute atomic E-state index is 12.8. The number of rotatable bonds is 7. The molecule has 2 aromatic rings. The summed E-state index contributed by atoms with van der Waals surface area (Å²) < 4.78 is 36.0. The van der Waals surface area contributed by atoms with Crippen molar-refractivity contribution in [1.82, 2.24) is 5.32 Å². The molecule has 0 spiro atoms. The van der Waals surface area contributed by atoms with E-state index in [9.17, 15) is 23.3 Å². The molecule has 0 radical (unpaired) electrons. The van der Waals surface area contributed by atoms with Crippen molar-refractivity contribution in [1.29, 1.82) is 5.26 Å². The molecule has 1 fully saturated rings. The lowest BCUT2D eigenvalue weighted by molar-refractivity contribution is -0.125. The second-order valence-corrected chi connectivity index (χ2v) is 9.70. The van der Waals surface area contributed by atoms with Gasteiger partial charge in [0.25, 0.3) is 5.91 Å². The summed E-state index contributed by atoms with van der Waals surface area (Å²) in [5, 5.41) is 12.1. The molecule has 1 aliphatic carbocycles. The highest BCUT2D eigenvalue weighted by Gasteiger charge is 2.34. The van der Waals surface area contributed by atoms with E-state index in [1.54, 1.807) is 26.0 Å². The topological polar surface area (TPSA) is 123 Å². The van der Waals surface area contributed by atoms with Gasteiger partial charge in [-0.1, -0.05) is 43.5 Å². The van der Waals surface area contributed by atoms with E-state index in [4.69, 9.17) is 8.92 Å². The Balaban J connectivity index is 1.71. The summed E-state index contributed by atoms with van der Waals surface area (Å²) in [6.45, 7) is 2.81. The van der Waals surface area contributed by atoms with E-state index in [0.717, 1.165) is 24.8 Å². The van der Waals surface area contributed by atoms with Crippen LogP contribution in [0.3, 0.4) is 0 Å². The molecule has 0 bridgehead atoms. The van der Waals surface area contributed by atoms with Crippen molar-refractivity contribution >= 4 is 22.0 Å². The number of amides is 1. The number of esters is 1. The average molecular weight is 471 g/mol. The predicted molar refractivity (Wildman–Crippen MR) is 120 cm³/mol. The van der Waals surface area contributed by atoms with E-state index < -0.39 is 34.1 Å². The number of nitriles is 1. The molecule has 0 aromatic heterocycles. The van der Waals surface area contributed by atoms with E-state index >= 15 is 0 Å². The van der Waals surface area contributed by atoms with Crippen LogP contribution in [-0.4, -0.2) is 32.4 Å². The minimum Gasteiger partial charge on any atom is -0.452 e. The highest BCUT2D eigenvalue weighted by molar-refractivity contribution is 7.87. The lowest BCUT2D eigenvalue weighted by atomic mass is 9.83. The Labute approximate surface area is 193 Å². The number of ether oxygens (including phenoxy) is 1. The van der Waals surface area contributed by atoms with Crippen LogP contribution < -0.4 is 9.50 Å². The second-order valence-electron chi connectivity index (χ2n) is 8.18. The van der Waals surface area contributed by atoms with Gasteiger partial charge in [-0.3, -0.25) is 4.79 Å². The number of hydrogen-bond acceptors (Lipinski definition) is 7. The van der Waals surface area contributed by atoms with Gasteiger partial charge >= 0.3 is 16.1 Å². The number of hydrogen-bond donors (Lipinski definition) is 1. The molecule has 0 unspecified atom stereocenters. The van der Waals surface area contributed by atoms with E-state index in [1.165, 1.54) is 30.3 Å². The molecule has 3 rings (SSSR count). The van der Waals surface area contributed by atoms with Crippen molar-refractivity contribution < 1.29 is 26.9 Å². The summed E-state index contributed by atoms with van der Waals surface area (Å²) in [4.78, 5) is 24.9. The van der Waals surface area contributed by atoms with E-state index in [1.807, 2.05) is 0 Å². The zero-order valence-electron chi connectivity index (χ0n) is 18.6. The van der Waals surface area contributed by atoms with Crippen LogP contribution in [-0.2, 0) is 19.6 Å². The van der Waals surface area contributed by atoms with E-state index in [0.29, 0.717) is 18.4 Å². The molecule has 2 aromatic carbocycles. The minimum absolute atomic E-state index is 0.000619. The summed E-state index contributed by atoms with van der Waals surface area (Å²) in [6, 6.07) is 12.9. The van der Waals surface area contributed by atoms with Gasteiger partial charge in [-0.05, 0) is 56.0 Å². The Bertz CT molecular complexity index is 1190. The van der Waals surface area contributed by atoms with Gasteiger partial charge in [-0.2, -0.15) is 13.7 Å². The molecule has 1 N–H and O–H groups in total. The molecule has 0 saturated heterocycles. The molecule has 0 atom stereocenters. The maximum atomic E-state index is 12.8. The zero-order chi connectivity index (χ0) is 24.1. The normalized spacial score (nSPS) is 15.2. The third-order valence-electron chi connectivity index (χ3n) is 5.55. The first-order valence-electron chi connectivity index (χ1n) is 10.7. The van der Waals surface area contributed by atoms with Crippen molar-refractivity contribution in [2.75, 3.05) is 6.61 Å². The molecular weight excluding hydrogens is 444 g/mol. The standard InChI is InChI=1S/C24H26N2O6S/c1-17-10-11-18(2)21(14-17)33(29,30)32-20-9-5-4-8-19(20)23(28)31-15-22(27)26-24(16-25)12-6-3-7-13-24/h4-5,8-11,14H,3,6-7,12-13,15H2,1-2H3,(H,26,27). The molecule has 0 aliphatic heterocycles. The molecule has 1 saturated carbocycles. The Morgan fingerprint density at radius 3 is 2.48 bits per heavy atom. The lowest BCUT2D eigenvalue weighted by Crippen LogP contribution is -2.50. The molecule has 174 valence electrons. The maximum Gasteiger partial charge on any atom is 0.342 e. The molecule has 9 heteroatoms. The SMILES string of the molecule is Cc1ccc(C)c(S(=O)(=O)Oc2ccccc2C(=O)OCC(=O)NC2(C#N)CCCCC2)c1. The predicted octanol–water partition coefficient (Wildman–Crippen LogP) is 3.57. The van der Waals surface area contributed by atoms with Crippen LogP contribution in [0.5, 0.6) is 5.75 Å². The van der Waals surface area contributed by atoms with Gasteiger partial charge in [0.1, 0.15) is 16.0 Å². The van der Waals surface area contributed by atoms with Crippen LogP contribution in [0, 0.1) is 25.2 Å². The summed E-state index contributed by atoms with van der Waals surface area (Å²) >= 11 is 0. The van der Waals surface area contributed by atoms with Crippen LogP contribution in [0.4, 0.5) is 0 Å². The van der Waals surface area contributed by atoms with Gasteiger partial charge in [0.05, 0.1) is 6.07 Å². The van der Waals surface area contributed by atoms with Crippen LogP contribution in [0.2, 0.25) is 0 Å². The van der Waals surface area contributed by atoms with Gasteiger partial charge in [0.2, 0.25) is 0 Å². The number of nitrogens with one attached hydrogen (secondary N) is 1. The Morgan fingerprint density at radius 2 is 1.79 bits per heavy atom. The van der Waals surface area contributed by atoms with Gasteiger partial charge in [-0.15, -0.1) is 0 Å². The fraction of sp³-hybridized carbons (Fsp3) is 0.375. The average Bonchev–Trinajstić information content (AvgIpc) is 2.79. The summed E-state index contributed by atoms with van der Waals surface area (Å²) in [6.07, 6.45) is 3.79. The van der Waals surface area contributed by atoms with Crippen molar-refractivity contribution in [2.45, 2.75) is 56.4 Å². The summed E-state index contributed by atoms with van der Waals surface area (Å²) in [7, 11) is -4.21. The minimum atomic E-state index is -4.21. The van der Waals surface area contributed by atoms with Gasteiger partial charge < -0.3 is 14.2 Å². The third-order valence-corrected chi connectivity index (χ3v) is 6.93. The molecule has 8 nitrogen and oxygen atoms in total. The van der Waals surface area contributed by atoms with Crippen LogP contribution in [0.25, 0.3) is 0 Å². The summed E-state index contributed by atoms with van der Waals surface area (Å²) in [5.74, 6) is -1.70. The van der Waals surface area contributed by atoms with Crippen LogP contribution in [0.1, 0.15) is 53.6 Å². The number of carbonyl (C=O) groups is 2.